The van der Waals surface area contributed by atoms with Gasteiger partial charge in [0, 0.05) is 5.38 Å². The van der Waals surface area contributed by atoms with Gasteiger partial charge in [-0.05, 0) is 43.3 Å². The van der Waals surface area contributed by atoms with E-state index in [9.17, 15) is 0 Å². The van der Waals surface area contributed by atoms with Gasteiger partial charge in [-0.2, -0.15) is 0 Å². The molecule has 0 spiro atoms. The molecule has 0 bridgehead atoms. The summed E-state index contributed by atoms with van der Waals surface area (Å²) in [4.78, 5) is 4.82. The van der Waals surface area contributed by atoms with Crippen LogP contribution in [0.3, 0.4) is 0 Å². The zero-order valence-electron chi connectivity index (χ0n) is 15.1. The van der Waals surface area contributed by atoms with Crippen LogP contribution in [0.1, 0.15) is 10.7 Å². The summed E-state index contributed by atoms with van der Waals surface area (Å²) < 4.78 is 0. The summed E-state index contributed by atoms with van der Waals surface area (Å²) in [6, 6.07) is 32.9. The molecule has 4 heteroatoms. The summed E-state index contributed by atoms with van der Waals surface area (Å²) in [5.74, 6) is 0. The van der Waals surface area contributed by atoms with Crippen LogP contribution in [0, 0.1) is 6.92 Å². The first-order chi connectivity index (χ1) is 12.8. The Hall–Kier alpha value is -1.55. The lowest BCUT2D eigenvalue weighted by molar-refractivity contribution is -0.00000518. The topological polar surface area (TPSA) is 12.9 Å². The maximum Gasteiger partial charge on any atom is 0.118 e. The van der Waals surface area contributed by atoms with Crippen molar-refractivity contribution in [3.63, 3.8) is 0 Å². The molecule has 0 N–H and O–H groups in total. The van der Waals surface area contributed by atoms with Crippen molar-refractivity contribution in [2.24, 2.45) is 0 Å². The number of rotatable bonds is 5. The van der Waals surface area contributed by atoms with Crippen molar-refractivity contribution < 1.29 is 24.0 Å². The minimum atomic E-state index is -1.82. The summed E-state index contributed by atoms with van der Waals surface area (Å²) in [6.07, 6.45) is 0.954. The van der Waals surface area contributed by atoms with Crippen molar-refractivity contribution in [2.45, 2.75) is 13.1 Å². The molecule has 136 valence electrons. The first kappa shape index (κ1) is 20.2. The number of nitrogens with zero attached hydrogens (tertiary/aromatic N) is 1. The number of halogens is 1. The van der Waals surface area contributed by atoms with Crippen molar-refractivity contribution in [2.75, 3.05) is 0 Å². The van der Waals surface area contributed by atoms with E-state index in [1.807, 2.05) is 0 Å². The molecule has 0 fully saturated rings. The van der Waals surface area contributed by atoms with Gasteiger partial charge in [-0.15, -0.1) is 11.3 Å². The zero-order chi connectivity index (χ0) is 17.8. The smallest absolute Gasteiger partial charge is 0.118 e. The highest BCUT2D eigenvalue weighted by atomic mass is 127. The van der Waals surface area contributed by atoms with Gasteiger partial charge in [0.05, 0.1) is 10.7 Å². The summed E-state index contributed by atoms with van der Waals surface area (Å²) in [6.45, 7) is 2.09. The van der Waals surface area contributed by atoms with E-state index in [4.69, 9.17) is 4.98 Å². The van der Waals surface area contributed by atoms with Gasteiger partial charge in [-0.3, -0.25) is 0 Å². The average molecular weight is 501 g/mol. The van der Waals surface area contributed by atoms with Crippen LogP contribution in [0.25, 0.3) is 0 Å². The molecule has 0 aliphatic carbocycles. The van der Waals surface area contributed by atoms with E-state index < -0.39 is 7.26 Å². The predicted octanol–water partition coefficient (Wildman–Crippen LogP) is 1.95. The minimum absolute atomic E-state index is 0. The van der Waals surface area contributed by atoms with Crippen molar-refractivity contribution in [1.82, 2.24) is 4.98 Å². The third-order valence-electron chi connectivity index (χ3n) is 4.66. The molecule has 1 aromatic heterocycles. The number of hydrogen-bond acceptors (Lipinski definition) is 2. The fourth-order valence-corrected chi connectivity index (χ4v) is 8.36. The molecule has 1 nitrogen and oxygen atoms in total. The number of benzene rings is 3. The molecule has 0 aliphatic rings. The number of thiazole rings is 1. The number of hydrogen-bond donors (Lipinski definition) is 0. The van der Waals surface area contributed by atoms with Crippen LogP contribution in [0.4, 0.5) is 0 Å². The van der Waals surface area contributed by atoms with Crippen LogP contribution in [0.5, 0.6) is 0 Å². The number of aryl methyl sites for hydroxylation is 1. The third-order valence-corrected chi connectivity index (χ3v) is 9.82. The van der Waals surface area contributed by atoms with E-state index in [-0.39, 0.29) is 24.0 Å². The Morgan fingerprint density at radius 2 is 1.11 bits per heavy atom. The summed E-state index contributed by atoms with van der Waals surface area (Å²) in [7, 11) is -1.82. The molecule has 0 radical (unpaired) electrons. The van der Waals surface area contributed by atoms with Gasteiger partial charge in [0.15, 0.2) is 0 Å². The molecule has 0 amide bonds. The molecule has 0 aliphatic heterocycles. The molecule has 0 unspecified atom stereocenters. The molecule has 0 saturated carbocycles. The lowest BCUT2D eigenvalue weighted by Crippen LogP contribution is -3.00. The first-order valence-corrected chi connectivity index (χ1v) is 11.6. The van der Waals surface area contributed by atoms with Crippen LogP contribution in [0.15, 0.2) is 96.4 Å². The largest absolute Gasteiger partial charge is 1.00 e. The Labute approximate surface area is 182 Å². The molecule has 1 heterocycles. The van der Waals surface area contributed by atoms with Gasteiger partial charge in [0.2, 0.25) is 0 Å². The number of aromatic nitrogens is 1. The van der Waals surface area contributed by atoms with Crippen LogP contribution in [-0.2, 0) is 6.16 Å². The van der Waals surface area contributed by atoms with Gasteiger partial charge in [-0.1, -0.05) is 54.6 Å². The summed E-state index contributed by atoms with van der Waals surface area (Å²) in [5.41, 5.74) is 1.19. The molecule has 4 aromatic rings. The normalized spacial score (nSPS) is 11.0. The second-order valence-electron chi connectivity index (χ2n) is 6.33. The van der Waals surface area contributed by atoms with Crippen LogP contribution in [-0.4, -0.2) is 4.98 Å². The average Bonchev–Trinajstić information content (AvgIpc) is 3.13. The molecular weight excluding hydrogens is 480 g/mol. The fourth-order valence-electron chi connectivity index (χ4n) is 3.49. The van der Waals surface area contributed by atoms with Gasteiger partial charge >= 0.3 is 0 Å². The Morgan fingerprint density at radius 3 is 1.44 bits per heavy atom. The Kier molecular flexibility index (Phi) is 6.80. The maximum absolute atomic E-state index is 4.82. The molecule has 0 atom stereocenters. The second kappa shape index (κ2) is 9.09. The summed E-state index contributed by atoms with van der Waals surface area (Å²) in [5, 5.41) is 7.57. The second-order valence-corrected chi connectivity index (χ2v) is 10.9. The molecular formula is C23H21INPS. The minimum Gasteiger partial charge on any atom is -1.00 e. The van der Waals surface area contributed by atoms with E-state index in [0.29, 0.717) is 0 Å². The first-order valence-electron chi connectivity index (χ1n) is 8.75. The van der Waals surface area contributed by atoms with Crippen LogP contribution in [0.2, 0.25) is 0 Å². The predicted molar refractivity (Wildman–Crippen MR) is 116 cm³/mol. The van der Waals surface area contributed by atoms with E-state index in [2.05, 4.69) is 103 Å². The van der Waals surface area contributed by atoms with E-state index >= 15 is 0 Å². The molecule has 3 aromatic carbocycles. The lowest BCUT2D eigenvalue weighted by atomic mass is 10.4. The molecule has 27 heavy (non-hydrogen) atoms. The monoisotopic (exact) mass is 501 g/mol. The van der Waals surface area contributed by atoms with Gasteiger partial charge in [-0.25, -0.2) is 4.98 Å². The summed E-state index contributed by atoms with van der Waals surface area (Å²) >= 11 is 1.74. The Balaban J connectivity index is 0.00000210. The van der Waals surface area contributed by atoms with Crippen molar-refractivity contribution >= 4 is 34.5 Å². The Morgan fingerprint density at radius 1 is 0.704 bits per heavy atom. The highest BCUT2D eigenvalue weighted by Gasteiger charge is 2.45. The standard InChI is InChI=1S/C23H21NPS.HI/c1-19-24-20(18-26-19)17-25(21-11-5-2-6-12-21,22-13-7-3-8-14-22)23-15-9-4-10-16-23;/h2-16,18H,17H2,1H3;1H/q+1;/p-1. The van der Waals surface area contributed by atoms with Crippen molar-refractivity contribution in [3.05, 3.63) is 107 Å². The quantitative estimate of drug-likeness (QED) is 0.301. The van der Waals surface area contributed by atoms with E-state index in [1.165, 1.54) is 21.6 Å². The SMILES string of the molecule is Cc1nc(C[P+](c2ccccc2)(c2ccccc2)c2ccccc2)cs1.[I-]. The van der Waals surface area contributed by atoms with Crippen molar-refractivity contribution in [3.8, 4) is 0 Å². The fraction of sp³-hybridized carbons (Fsp3) is 0.0870. The van der Waals surface area contributed by atoms with E-state index in [0.717, 1.165) is 11.2 Å². The third kappa shape index (κ3) is 4.16. The highest BCUT2D eigenvalue weighted by molar-refractivity contribution is 7.95. The van der Waals surface area contributed by atoms with Gasteiger partial charge in [0.25, 0.3) is 0 Å². The van der Waals surface area contributed by atoms with Gasteiger partial charge in [0.1, 0.15) is 29.3 Å². The van der Waals surface area contributed by atoms with Crippen molar-refractivity contribution in [1.29, 1.82) is 0 Å². The lowest BCUT2D eigenvalue weighted by Gasteiger charge is -2.27. The maximum atomic E-state index is 4.82. The molecule has 0 saturated heterocycles. The molecule has 4 rings (SSSR count). The Bertz CT molecular complexity index is 874. The zero-order valence-corrected chi connectivity index (χ0v) is 19.0. The van der Waals surface area contributed by atoms with Crippen LogP contribution < -0.4 is 39.9 Å². The van der Waals surface area contributed by atoms with E-state index in [1.54, 1.807) is 11.3 Å². The highest BCUT2D eigenvalue weighted by Crippen LogP contribution is 2.58. The van der Waals surface area contributed by atoms with Crippen LogP contribution >= 0.6 is 18.6 Å². The van der Waals surface area contributed by atoms with Gasteiger partial charge < -0.3 is 24.0 Å².